The SMILES string of the molecule is Clc1ccc2nc(O[C@H]3CCNC3)ccc2c1.N#Cc1cc(Br)ccc1F.NC(=O)c1cc(-c2ccccc2)ccc1N1CC[C@H](Oc2ccc3cc(Cl)ccc3n2)C1.NC(=O)c1cc(Br)ccc1N1CC[C@H](Oc2ccc3cc(Cl)ccc3n2)C1.O=S(=O)(O)O.OB(O)c1ccccc1.[C-]#[N+]c1cc(Br)ccc1N1CC[C@H](Oc2ccc3cc(Cl)ccc3n2)C1. The van der Waals surface area contributed by atoms with E-state index in [2.05, 4.69) is 92.6 Å². The number of nitriles is 1. The Labute approximate surface area is 771 Å². The number of nitrogens with two attached hydrogens (primary N) is 2. The van der Waals surface area contributed by atoms with Crippen molar-refractivity contribution >= 4 is 195 Å². The first-order valence-electron chi connectivity index (χ1n) is 39.1. The summed E-state index contributed by atoms with van der Waals surface area (Å²) in [5, 5.41) is 35.5. The number of benzene rings is 10. The molecule has 14 aromatic rings. The van der Waals surface area contributed by atoms with Gasteiger partial charge in [0.1, 0.15) is 36.3 Å². The monoisotopic (exact) mass is 1980 g/mol. The second kappa shape index (κ2) is 44.7. The fourth-order valence-electron chi connectivity index (χ4n) is 14.0. The van der Waals surface area contributed by atoms with Crippen molar-refractivity contribution in [3.8, 4) is 40.7 Å². The molecule has 24 nitrogen and oxygen atoms in total. The smallest absolute Gasteiger partial charge is 0.473 e. The number of halogens is 8. The number of aromatic nitrogens is 4. The minimum Gasteiger partial charge on any atom is -0.473 e. The van der Waals surface area contributed by atoms with E-state index < -0.39 is 35.1 Å². The molecule has 0 radical (unpaired) electrons. The minimum absolute atomic E-state index is 0.00776. The molecule has 18 rings (SSSR count). The van der Waals surface area contributed by atoms with Crippen molar-refractivity contribution in [3.05, 3.63) is 322 Å². The number of pyridine rings is 4. The molecule has 4 atom stereocenters. The molecule has 644 valence electrons. The van der Waals surface area contributed by atoms with Gasteiger partial charge in [-0.1, -0.05) is 161 Å². The number of nitrogens with one attached hydrogen (secondary N) is 1. The van der Waals surface area contributed by atoms with E-state index in [1.54, 1.807) is 42.5 Å². The van der Waals surface area contributed by atoms with Crippen LogP contribution in [0.3, 0.4) is 0 Å². The summed E-state index contributed by atoms with van der Waals surface area (Å²) in [6, 6.07) is 79.7. The van der Waals surface area contributed by atoms with Crippen LogP contribution in [0.1, 0.15) is 52.0 Å². The lowest BCUT2D eigenvalue weighted by Gasteiger charge is -2.22. The Morgan fingerprint density at radius 3 is 1.24 bits per heavy atom. The standard InChI is InChI=1S/C26H22ClN3O2.C20H17BrClN3O2.C20H15BrClN3O.C13H13ClN2O.C7H3BrFN.C6H7BO2.H2O4S/c27-20-8-9-23-19(14-20)7-11-25(29-23)32-21-12-13-30(16-21)24-10-6-18(15-22(24)26(28)31)17-4-2-1-3-5-17;21-13-2-5-18(16(10-13)20(23)26)25-8-7-15(11-25)27-19-6-1-12-9-14(22)3-4-17(12)24-19;1-23-18-11-14(21)3-6-19(18)25-9-8-16(12-25)26-20-7-2-13-10-15(22)4-5-17(13)24-20;14-10-2-3-12-9(7-10)1-4-13(16-12)17-11-5-6-15-8-11;8-6-1-2-7(9)5(3-6)4-10;8-7(9)6-4-2-1-3-5-6;1-5(2,3)4/h1-11,14-15,21H,12-13,16H2,(H2,28,31);1-6,9-10,15H,7-8,11H2,(H2,23,26);2-7,10-11,16H,8-9,12H2;1-4,7,11,15H,5-6,8H2;1-3H;1-5,8-9H;(H2,1,2,3,4)/t21-;15-;16-;11-;;;/m0000.../s1. The molecular weight excluding hydrogens is 1910 g/mol. The lowest BCUT2D eigenvalue weighted by molar-refractivity contribution is 0.0992. The number of primary amides is 2. The maximum atomic E-state index is 12.5. The van der Waals surface area contributed by atoms with Gasteiger partial charge in [0.2, 0.25) is 29.2 Å². The molecule has 126 heavy (non-hydrogen) atoms. The van der Waals surface area contributed by atoms with E-state index in [0.717, 1.165) is 151 Å². The molecule has 4 aliphatic rings. The second-order valence-electron chi connectivity index (χ2n) is 28.8. The number of rotatable bonds is 15. The highest BCUT2D eigenvalue weighted by molar-refractivity contribution is 9.11. The largest absolute Gasteiger partial charge is 0.488 e. The summed E-state index contributed by atoms with van der Waals surface area (Å²) in [5.74, 6) is 1.12. The molecule has 10 aromatic carbocycles. The van der Waals surface area contributed by atoms with E-state index in [9.17, 15) is 14.0 Å². The summed E-state index contributed by atoms with van der Waals surface area (Å²) in [5.41, 5.74) is 21.6. The van der Waals surface area contributed by atoms with Gasteiger partial charge in [0.25, 0.3) is 11.8 Å². The van der Waals surface area contributed by atoms with Crippen molar-refractivity contribution in [2.24, 2.45) is 11.5 Å². The first kappa shape index (κ1) is 93.9. The Kier molecular flexibility index (Phi) is 33.3. The van der Waals surface area contributed by atoms with Crippen molar-refractivity contribution in [1.29, 1.82) is 5.26 Å². The van der Waals surface area contributed by atoms with Crippen LogP contribution in [-0.2, 0) is 10.4 Å². The normalized spacial score (nSPS) is 15.5. The molecule has 0 spiro atoms. The molecule has 2 amide bonds. The van der Waals surface area contributed by atoms with Crippen molar-refractivity contribution in [3.63, 3.8) is 0 Å². The van der Waals surface area contributed by atoms with Gasteiger partial charge < -0.3 is 60.5 Å². The molecule has 4 fully saturated rings. The summed E-state index contributed by atoms with van der Waals surface area (Å²) < 4.78 is 70.7. The molecule has 0 unspecified atom stereocenters. The maximum absolute atomic E-state index is 12.5. The van der Waals surface area contributed by atoms with Gasteiger partial charge in [-0.15, -0.1) is 0 Å². The molecule has 8 heterocycles. The van der Waals surface area contributed by atoms with Crippen LogP contribution >= 0.6 is 94.2 Å². The minimum atomic E-state index is -4.67. The number of nitrogens with zero attached hydrogens (tertiary/aromatic N) is 9. The molecular formula is C92H79BBr3Cl4FN12O12S. The fraction of sp³-hybridized carbons (Fsp3) is 0.174. The van der Waals surface area contributed by atoms with Crippen LogP contribution in [-0.4, -0.2) is 143 Å². The van der Waals surface area contributed by atoms with Gasteiger partial charge in [-0.2, -0.15) is 13.7 Å². The number of carbonyl (C=O) groups excluding carboxylic acids is 2. The number of carbonyl (C=O) groups is 2. The lowest BCUT2D eigenvalue weighted by Crippen LogP contribution is -2.29. The number of hydrogen-bond acceptors (Lipinski definition) is 19. The number of fused-ring (bicyclic) bond motifs is 4. The third-order valence-corrected chi connectivity index (χ3v) is 22.3. The van der Waals surface area contributed by atoms with E-state index in [-0.39, 0.29) is 30.0 Å². The molecule has 0 aliphatic carbocycles. The van der Waals surface area contributed by atoms with Crippen LogP contribution in [0.25, 0.3) is 59.6 Å². The summed E-state index contributed by atoms with van der Waals surface area (Å²) in [6.07, 6.45) is 3.87. The Hall–Kier alpha value is -11.3. The van der Waals surface area contributed by atoms with Crippen LogP contribution in [0.2, 0.25) is 20.1 Å². The molecule has 4 aromatic heterocycles. The van der Waals surface area contributed by atoms with E-state index in [1.165, 1.54) is 12.1 Å². The fourth-order valence-corrected chi connectivity index (χ4v) is 15.8. The van der Waals surface area contributed by atoms with E-state index in [0.29, 0.717) is 78.4 Å². The number of amides is 2. The highest BCUT2D eigenvalue weighted by Crippen LogP contribution is 2.37. The number of ether oxygens (including phenoxy) is 4. The molecule has 4 saturated heterocycles. The maximum Gasteiger partial charge on any atom is 0.488 e. The summed E-state index contributed by atoms with van der Waals surface area (Å²) in [7, 11) is -6.01. The van der Waals surface area contributed by atoms with Crippen molar-refractivity contribution < 1.29 is 60.5 Å². The predicted molar refractivity (Wildman–Crippen MR) is 505 cm³/mol. The molecule has 9 N–H and O–H groups in total. The highest BCUT2D eigenvalue weighted by atomic mass is 79.9. The first-order chi connectivity index (χ1) is 60.5. The number of hydrogen-bond donors (Lipinski definition) is 7. The van der Waals surface area contributed by atoms with Crippen LogP contribution < -0.4 is 55.9 Å². The van der Waals surface area contributed by atoms with Gasteiger partial charge in [0, 0.05) is 142 Å². The number of anilines is 3. The van der Waals surface area contributed by atoms with Gasteiger partial charge in [0.15, 0.2) is 0 Å². The highest BCUT2D eigenvalue weighted by Gasteiger charge is 2.31. The Morgan fingerprint density at radius 2 is 0.857 bits per heavy atom. The Balaban J connectivity index is 0.000000142. The van der Waals surface area contributed by atoms with Gasteiger partial charge >= 0.3 is 17.5 Å². The molecule has 0 bridgehead atoms. The van der Waals surface area contributed by atoms with Gasteiger partial charge in [-0.25, -0.2) is 29.2 Å². The third-order valence-electron chi connectivity index (χ3n) is 19.9. The topological polar surface area (TPSA) is 340 Å². The van der Waals surface area contributed by atoms with E-state index in [4.69, 9.17) is 116 Å². The van der Waals surface area contributed by atoms with Gasteiger partial charge in [-0.3, -0.25) is 18.7 Å². The van der Waals surface area contributed by atoms with Crippen molar-refractivity contribution in [2.45, 2.75) is 50.1 Å². The van der Waals surface area contributed by atoms with E-state index in [1.807, 2.05) is 206 Å². The predicted octanol–water partition coefficient (Wildman–Crippen LogP) is 19.4. The third kappa shape index (κ3) is 27.4. The average Bonchev–Trinajstić information content (AvgIpc) is 1.52. The van der Waals surface area contributed by atoms with Crippen molar-refractivity contribution in [2.75, 3.05) is 67.1 Å². The molecule has 34 heteroatoms. The lowest BCUT2D eigenvalue weighted by atomic mass is 9.81. The van der Waals surface area contributed by atoms with Gasteiger partial charge in [-0.05, 0) is 193 Å². The van der Waals surface area contributed by atoms with Crippen LogP contribution in [0.5, 0.6) is 23.5 Å². The zero-order chi connectivity index (χ0) is 89.6. The quantitative estimate of drug-likeness (QED) is 0.0285. The average molecular weight is 1990 g/mol. The Morgan fingerprint density at radius 1 is 0.484 bits per heavy atom. The van der Waals surface area contributed by atoms with Crippen molar-refractivity contribution in [1.82, 2.24) is 25.3 Å². The summed E-state index contributed by atoms with van der Waals surface area (Å²) in [6.45, 7) is 13.8. The van der Waals surface area contributed by atoms with E-state index >= 15 is 0 Å². The van der Waals surface area contributed by atoms with Crippen LogP contribution in [0.15, 0.2) is 268 Å². The molecule has 0 saturated carbocycles. The molecule has 4 aliphatic heterocycles. The Bertz CT molecular complexity index is 6420. The zero-order valence-electron chi connectivity index (χ0n) is 66.8. The summed E-state index contributed by atoms with van der Waals surface area (Å²) >= 11 is 33.9. The first-order valence-corrected chi connectivity index (χ1v) is 44.4. The zero-order valence-corrected chi connectivity index (χ0v) is 75.4. The van der Waals surface area contributed by atoms with Crippen LogP contribution in [0.4, 0.5) is 27.1 Å². The summed E-state index contributed by atoms with van der Waals surface area (Å²) in [4.78, 5) is 52.3. The second-order valence-corrected chi connectivity index (χ2v) is 34.2. The van der Waals surface area contributed by atoms with Crippen LogP contribution in [0, 0.1) is 23.7 Å². The van der Waals surface area contributed by atoms with Gasteiger partial charge in [0.05, 0.1) is 65.0 Å².